The fourth-order valence-electron chi connectivity index (χ4n) is 2.45. The molecule has 1 aromatic heterocycles. The van der Waals surface area contributed by atoms with Crippen LogP contribution in [0.4, 0.5) is 13.2 Å². The molecule has 3 aromatic rings. The van der Waals surface area contributed by atoms with Crippen molar-refractivity contribution in [3.05, 3.63) is 60.3 Å². The average molecular weight is 383 g/mol. The van der Waals surface area contributed by atoms with Gasteiger partial charge in [-0.2, -0.15) is 5.10 Å². The van der Waals surface area contributed by atoms with Crippen molar-refractivity contribution < 1.29 is 22.6 Å². The Bertz CT molecular complexity index is 875. The third-order valence-corrected chi connectivity index (χ3v) is 3.87. The monoisotopic (exact) mass is 382 g/mol. The number of rotatable bonds is 5. The van der Waals surface area contributed by atoms with E-state index < -0.39 is 6.36 Å². The molecule has 0 aliphatic rings. The van der Waals surface area contributed by atoms with Crippen molar-refractivity contribution in [3.63, 3.8) is 0 Å². The molecule has 3 rings (SSSR count). The van der Waals surface area contributed by atoms with E-state index in [1.54, 1.807) is 30.0 Å². The second-order valence-electron chi connectivity index (χ2n) is 5.34. The predicted octanol–water partition coefficient (Wildman–Crippen LogP) is 5.19. The lowest BCUT2D eigenvalue weighted by atomic mass is 10.1. The van der Waals surface area contributed by atoms with Crippen molar-refractivity contribution in [3.8, 4) is 28.4 Å². The summed E-state index contributed by atoms with van der Waals surface area (Å²) in [5.74, 6) is 0.633. The van der Waals surface area contributed by atoms with Gasteiger partial charge in [0.25, 0.3) is 0 Å². The molecule has 1 heterocycles. The second-order valence-corrected chi connectivity index (χ2v) is 5.60. The Kier molecular flexibility index (Phi) is 5.08. The summed E-state index contributed by atoms with van der Waals surface area (Å²) in [6.45, 7) is 0. The highest BCUT2D eigenvalue weighted by molar-refractivity contribution is 6.16. The van der Waals surface area contributed by atoms with Crippen LogP contribution in [-0.2, 0) is 5.88 Å². The van der Waals surface area contributed by atoms with Crippen molar-refractivity contribution in [2.75, 3.05) is 7.11 Å². The van der Waals surface area contributed by atoms with Crippen molar-refractivity contribution in [2.24, 2.45) is 0 Å². The van der Waals surface area contributed by atoms with Crippen LogP contribution in [0.1, 0.15) is 5.69 Å². The number of halogens is 4. The first kappa shape index (κ1) is 18.1. The standard InChI is InChI=1S/C18H14ClF3N2O2/c1-25-15-8-4-14(5-9-15)24-17(10-13(11-19)23-24)12-2-6-16(7-3-12)26-18(20,21)22/h2-10H,11H2,1H3. The van der Waals surface area contributed by atoms with Crippen molar-refractivity contribution in [2.45, 2.75) is 12.2 Å². The van der Waals surface area contributed by atoms with Gasteiger partial charge in [-0.05, 0) is 54.6 Å². The van der Waals surface area contributed by atoms with E-state index >= 15 is 0 Å². The van der Waals surface area contributed by atoms with Crippen LogP contribution in [0.2, 0.25) is 0 Å². The van der Waals surface area contributed by atoms with E-state index in [9.17, 15) is 13.2 Å². The number of hydrogen-bond acceptors (Lipinski definition) is 3. The lowest BCUT2D eigenvalue weighted by molar-refractivity contribution is -0.274. The Balaban J connectivity index is 1.97. The lowest BCUT2D eigenvalue weighted by Gasteiger charge is -2.11. The van der Waals surface area contributed by atoms with Crippen LogP contribution in [0, 0.1) is 0 Å². The SMILES string of the molecule is COc1ccc(-n2nc(CCl)cc2-c2ccc(OC(F)(F)F)cc2)cc1. The summed E-state index contributed by atoms with van der Waals surface area (Å²) in [6.07, 6.45) is -4.72. The number of hydrogen-bond donors (Lipinski definition) is 0. The molecule has 136 valence electrons. The molecule has 0 unspecified atom stereocenters. The maximum Gasteiger partial charge on any atom is 0.573 e. The van der Waals surface area contributed by atoms with E-state index in [0.717, 1.165) is 5.69 Å². The Morgan fingerprint density at radius 3 is 2.15 bits per heavy atom. The van der Waals surface area contributed by atoms with Crippen LogP contribution in [0.3, 0.4) is 0 Å². The molecule has 0 atom stereocenters. The summed E-state index contributed by atoms with van der Waals surface area (Å²) < 4.78 is 47.6. The van der Waals surface area contributed by atoms with Gasteiger partial charge in [-0.15, -0.1) is 24.8 Å². The zero-order valence-corrected chi connectivity index (χ0v) is 14.4. The molecule has 8 heteroatoms. The molecule has 0 aliphatic heterocycles. The van der Waals surface area contributed by atoms with Crippen molar-refractivity contribution in [1.82, 2.24) is 9.78 Å². The van der Waals surface area contributed by atoms with Gasteiger partial charge in [-0.1, -0.05) is 0 Å². The Labute approximate surface area is 152 Å². The first-order valence-corrected chi connectivity index (χ1v) is 8.08. The van der Waals surface area contributed by atoms with Gasteiger partial charge in [0, 0.05) is 5.56 Å². The minimum absolute atomic E-state index is 0.214. The molecule has 0 radical (unpaired) electrons. The van der Waals surface area contributed by atoms with Gasteiger partial charge in [-0.3, -0.25) is 0 Å². The number of nitrogens with zero attached hydrogens (tertiary/aromatic N) is 2. The maximum absolute atomic E-state index is 12.3. The maximum atomic E-state index is 12.3. The highest BCUT2D eigenvalue weighted by Crippen LogP contribution is 2.29. The summed E-state index contributed by atoms with van der Waals surface area (Å²) in [6, 6.07) is 14.6. The van der Waals surface area contributed by atoms with Crippen molar-refractivity contribution >= 4 is 11.6 Å². The van der Waals surface area contributed by atoms with Crippen LogP contribution in [-0.4, -0.2) is 23.3 Å². The molecular weight excluding hydrogens is 369 g/mol. The number of alkyl halides is 4. The molecule has 0 bridgehead atoms. The summed E-state index contributed by atoms with van der Waals surface area (Å²) >= 11 is 5.89. The van der Waals surface area contributed by atoms with Gasteiger partial charge in [0.05, 0.1) is 30.1 Å². The third kappa shape index (κ3) is 4.11. The van der Waals surface area contributed by atoms with E-state index in [0.29, 0.717) is 22.7 Å². The zero-order chi connectivity index (χ0) is 18.7. The highest BCUT2D eigenvalue weighted by Gasteiger charge is 2.31. The molecule has 0 amide bonds. The van der Waals surface area contributed by atoms with E-state index in [2.05, 4.69) is 9.84 Å². The molecule has 2 aromatic carbocycles. The normalized spacial score (nSPS) is 11.4. The third-order valence-electron chi connectivity index (χ3n) is 3.60. The summed E-state index contributed by atoms with van der Waals surface area (Å²) in [5.41, 5.74) is 2.80. The van der Waals surface area contributed by atoms with E-state index in [1.165, 1.54) is 24.3 Å². The second kappa shape index (κ2) is 7.29. The Morgan fingerprint density at radius 2 is 1.62 bits per heavy atom. The van der Waals surface area contributed by atoms with Crippen LogP contribution in [0.5, 0.6) is 11.5 Å². The summed E-state index contributed by atoms with van der Waals surface area (Å²) in [7, 11) is 1.57. The number of benzene rings is 2. The fraction of sp³-hybridized carbons (Fsp3) is 0.167. The molecule has 0 fully saturated rings. The van der Waals surface area contributed by atoms with Gasteiger partial charge in [0.2, 0.25) is 0 Å². The largest absolute Gasteiger partial charge is 0.573 e. The van der Waals surface area contributed by atoms with Crippen LogP contribution >= 0.6 is 11.6 Å². The quantitative estimate of drug-likeness (QED) is 0.570. The van der Waals surface area contributed by atoms with E-state index in [1.807, 2.05) is 12.1 Å². The smallest absolute Gasteiger partial charge is 0.497 e. The highest BCUT2D eigenvalue weighted by atomic mass is 35.5. The average Bonchev–Trinajstić information content (AvgIpc) is 3.05. The van der Waals surface area contributed by atoms with E-state index in [-0.39, 0.29) is 11.6 Å². The van der Waals surface area contributed by atoms with Crippen LogP contribution in [0.25, 0.3) is 16.9 Å². The van der Waals surface area contributed by atoms with Crippen LogP contribution < -0.4 is 9.47 Å². The van der Waals surface area contributed by atoms with Crippen molar-refractivity contribution in [1.29, 1.82) is 0 Å². The van der Waals surface area contributed by atoms with Gasteiger partial charge in [0.15, 0.2) is 0 Å². The Morgan fingerprint density at radius 1 is 1.00 bits per heavy atom. The van der Waals surface area contributed by atoms with Gasteiger partial charge < -0.3 is 9.47 Å². The fourth-order valence-corrected chi connectivity index (χ4v) is 2.58. The molecule has 0 N–H and O–H groups in total. The van der Waals surface area contributed by atoms with Gasteiger partial charge in [0.1, 0.15) is 11.5 Å². The summed E-state index contributed by atoms with van der Waals surface area (Å²) in [4.78, 5) is 0. The number of aromatic nitrogens is 2. The van der Waals surface area contributed by atoms with Gasteiger partial charge in [-0.25, -0.2) is 4.68 Å². The molecule has 0 aliphatic carbocycles. The molecule has 4 nitrogen and oxygen atoms in total. The van der Waals surface area contributed by atoms with E-state index in [4.69, 9.17) is 16.3 Å². The molecule has 26 heavy (non-hydrogen) atoms. The minimum Gasteiger partial charge on any atom is -0.497 e. The lowest BCUT2D eigenvalue weighted by Crippen LogP contribution is -2.16. The first-order valence-electron chi connectivity index (χ1n) is 7.55. The molecule has 0 spiro atoms. The molecular formula is C18H14ClF3N2O2. The minimum atomic E-state index is -4.72. The molecule has 0 saturated heterocycles. The molecule has 0 saturated carbocycles. The number of methoxy groups -OCH3 is 1. The van der Waals surface area contributed by atoms with Crippen LogP contribution in [0.15, 0.2) is 54.6 Å². The van der Waals surface area contributed by atoms with Gasteiger partial charge >= 0.3 is 6.36 Å². The number of ether oxygens (including phenoxy) is 2. The predicted molar refractivity (Wildman–Crippen MR) is 91.8 cm³/mol. The topological polar surface area (TPSA) is 36.3 Å². The summed E-state index contributed by atoms with van der Waals surface area (Å²) in [5, 5.41) is 4.45. The zero-order valence-electron chi connectivity index (χ0n) is 13.6. The first-order chi connectivity index (χ1) is 12.4. The Hall–Kier alpha value is -2.67.